The Balaban J connectivity index is 2.63. The minimum absolute atomic E-state index is 0.582. The molecule has 2 rings (SSSR count). The maximum atomic E-state index is 3.75. The van der Waals surface area contributed by atoms with Crippen LogP contribution >= 0.6 is 15.9 Å². The lowest BCUT2D eigenvalue weighted by Crippen LogP contribution is -1.91. The molecule has 0 saturated heterocycles. The van der Waals surface area contributed by atoms with Crippen LogP contribution in [0.1, 0.15) is 46.3 Å². The molecule has 0 aliphatic heterocycles. The van der Waals surface area contributed by atoms with Crippen molar-refractivity contribution in [2.75, 3.05) is 0 Å². The molecule has 0 fully saturated rings. The lowest BCUT2D eigenvalue weighted by molar-refractivity contribution is 0.743. The van der Waals surface area contributed by atoms with Crippen molar-refractivity contribution in [2.45, 2.75) is 37.9 Å². The number of hydrogen-bond donors (Lipinski definition) is 0. The lowest BCUT2D eigenvalue weighted by Gasteiger charge is -2.09. The van der Waals surface area contributed by atoms with Crippen LogP contribution in [0.2, 0.25) is 0 Å². The molecule has 0 nitrogen and oxygen atoms in total. The summed E-state index contributed by atoms with van der Waals surface area (Å²) in [4.78, 5) is 0.582. The first-order valence-electron chi connectivity index (χ1n) is 4.84. The average molecular weight is 239 g/mol. The second-order valence-corrected chi connectivity index (χ2v) is 5.29. The molecule has 0 spiro atoms. The van der Waals surface area contributed by atoms with Gasteiger partial charge in [0.2, 0.25) is 0 Å². The van der Waals surface area contributed by atoms with Crippen LogP contribution in [0.15, 0.2) is 12.1 Å². The third kappa shape index (κ3) is 1.43. The van der Waals surface area contributed by atoms with Gasteiger partial charge in [0.15, 0.2) is 0 Å². The molecule has 1 aromatic carbocycles. The Morgan fingerprint density at radius 2 is 2.00 bits per heavy atom. The van der Waals surface area contributed by atoms with E-state index in [-0.39, 0.29) is 0 Å². The summed E-state index contributed by atoms with van der Waals surface area (Å²) in [6, 6.07) is 4.62. The molecule has 0 heterocycles. The van der Waals surface area contributed by atoms with E-state index in [4.69, 9.17) is 0 Å². The smallest absolute Gasteiger partial charge is 0.0406 e. The highest BCUT2D eigenvalue weighted by Crippen LogP contribution is 2.46. The first-order valence-corrected chi connectivity index (χ1v) is 5.76. The zero-order valence-electron chi connectivity index (χ0n) is 8.39. The highest BCUT2D eigenvalue weighted by molar-refractivity contribution is 9.09. The summed E-state index contributed by atoms with van der Waals surface area (Å²) in [6.07, 6.45) is 1.25. The molecule has 0 aromatic heterocycles. The number of halogens is 1. The maximum Gasteiger partial charge on any atom is 0.0406 e. The van der Waals surface area contributed by atoms with Crippen LogP contribution in [0.3, 0.4) is 0 Å². The third-order valence-electron chi connectivity index (χ3n) is 2.97. The molecule has 0 saturated carbocycles. The predicted octanol–water partition coefficient (Wildman–Crippen LogP) is 4.25. The summed E-state index contributed by atoms with van der Waals surface area (Å²) in [5, 5.41) is 0. The first kappa shape index (κ1) is 9.26. The molecule has 0 radical (unpaired) electrons. The SMILES string of the molecule is Cc1cc(C)c2c(c1)C(C)CC2Br. The highest BCUT2D eigenvalue weighted by atomic mass is 79.9. The van der Waals surface area contributed by atoms with Gasteiger partial charge in [-0.15, -0.1) is 0 Å². The molecule has 2 unspecified atom stereocenters. The van der Waals surface area contributed by atoms with Gasteiger partial charge >= 0.3 is 0 Å². The summed E-state index contributed by atoms with van der Waals surface area (Å²) < 4.78 is 0. The fourth-order valence-corrected chi connectivity index (χ4v) is 3.59. The van der Waals surface area contributed by atoms with Crippen LogP contribution in [0.5, 0.6) is 0 Å². The first-order chi connectivity index (χ1) is 6.09. The number of hydrogen-bond acceptors (Lipinski definition) is 0. The number of alkyl halides is 1. The summed E-state index contributed by atoms with van der Waals surface area (Å²) in [5.74, 6) is 0.720. The van der Waals surface area contributed by atoms with E-state index in [9.17, 15) is 0 Å². The fraction of sp³-hybridized carbons (Fsp3) is 0.500. The highest BCUT2D eigenvalue weighted by Gasteiger charge is 2.27. The average Bonchev–Trinajstić information content (AvgIpc) is 2.27. The molecule has 13 heavy (non-hydrogen) atoms. The van der Waals surface area contributed by atoms with Crippen molar-refractivity contribution in [1.29, 1.82) is 0 Å². The van der Waals surface area contributed by atoms with Gasteiger partial charge in [0.25, 0.3) is 0 Å². The second kappa shape index (κ2) is 3.13. The summed E-state index contributed by atoms with van der Waals surface area (Å²) >= 11 is 3.75. The molecule has 0 amide bonds. The fourth-order valence-electron chi connectivity index (χ4n) is 2.40. The monoisotopic (exact) mass is 238 g/mol. The van der Waals surface area contributed by atoms with E-state index in [1.807, 2.05) is 0 Å². The van der Waals surface area contributed by atoms with Gasteiger partial charge in [-0.2, -0.15) is 0 Å². The Morgan fingerprint density at radius 1 is 1.31 bits per heavy atom. The molecule has 1 aromatic rings. The molecule has 0 bridgehead atoms. The van der Waals surface area contributed by atoms with Gasteiger partial charge in [-0.05, 0) is 42.9 Å². The van der Waals surface area contributed by atoms with Crippen LogP contribution in [0.4, 0.5) is 0 Å². The number of aryl methyl sites for hydroxylation is 2. The van der Waals surface area contributed by atoms with Gasteiger partial charge in [0.05, 0.1) is 0 Å². The maximum absolute atomic E-state index is 3.75. The largest absolute Gasteiger partial charge is 0.0838 e. The van der Waals surface area contributed by atoms with Gasteiger partial charge in [-0.3, -0.25) is 0 Å². The molecule has 0 N–H and O–H groups in total. The van der Waals surface area contributed by atoms with E-state index in [0.717, 1.165) is 5.92 Å². The Kier molecular flexibility index (Phi) is 2.23. The molecular formula is C12H15Br. The topological polar surface area (TPSA) is 0 Å². The van der Waals surface area contributed by atoms with Crippen molar-refractivity contribution in [3.63, 3.8) is 0 Å². The van der Waals surface area contributed by atoms with Crippen molar-refractivity contribution in [1.82, 2.24) is 0 Å². The third-order valence-corrected chi connectivity index (χ3v) is 3.80. The standard InChI is InChI=1S/C12H15Br/c1-7-4-9(3)12-10(5-7)8(2)6-11(12)13/h4-5,8,11H,6H2,1-3H3. The Labute approximate surface area is 88.5 Å². The normalized spacial score (nSPS) is 26.2. The summed E-state index contributed by atoms with van der Waals surface area (Å²) in [7, 11) is 0. The van der Waals surface area contributed by atoms with Crippen LogP contribution in [0, 0.1) is 13.8 Å². The number of benzene rings is 1. The molecule has 1 aliphatic rings. The quantitative estimate of drug-likeness (QED) is 0.594. The van der Waals surface area contributed by atoms with E-state index >= 15 is 0 Å². The van der Waals surface area contributed by atoms with Crippen LogP contribution in [-0.2, 0) is 0 Å². The second-order valence-electron chi connectivity index (χ2n) is 4.19. The van der Waals surface area contributed by atoms with E-state index in [2.05, 4.69) is 48.8 Å². The number of fused-ring (bicyclic) bond motifs is 1. The van der Waals surface area contributed by atoms with E-state index < -0.39 is 0 Å². The van der Waals surface area contributed by atoms with E-state index in [1.165, 1.54) is 23.1 Å². The Hall–Kier alpha value is -0.300. The van der Waals surface area contributed by atoms with Crippen molar-refractivity contribution >= 4 is 15.9 Å². The van der Waals surface area contributed by atoms with E-state index in [0.29, 0.717) is 4.83 Å². The van der Waals surface area contributed by atoms with Gasteiger partial charge in [0, 0.05) is 4.83 Å². The summed E-state index contributed by atoms with van der Waals surface area (Å²) in [6.45, 7) is 6.72. The van der Waals surface area contributed by atoms with Gasteiger partial charge in [-0.25, -0.2) is 0 Å². The van der Waals surface area contributed by atoms with Gasteiger partial charge < -0.3 is 0 Å². The van der Waals surface area contributed by atoms with Gasteiger partial charge in [0.1, 0.15) is 0 Å². The van der Waals surface area contributed by atoms with Crippen molar-refractivity contribution < 1.29 is 0 Å². The Morgan fingerprint density at radius 3 is 2.69 bits per heavy atom. The molecular weight excluding hydrogens is 224 g/mol. The van der Waals surface area contributed by atoms with Crippen molar-refractivity contribution in [3.8, 4) is 0 Å². The zero-order valence-corrected chi connectivity index (χ0v) is 9.98. The minimum atomic E-state index is 0.582. The number of rotatable bonds is 0. The van der Waals surface area contributed by atoms with E-state index in [1.54, 1.807) is 5.56 Å². The molecule has 1 heteroatoms. The lowest BCUT2D eigenvalue weighted by atomic mass is 9.98. The van der Waals surface area contributed by atoms with Crippen LogP contribution < -0.4 is 0 Å². The zero-order chi connectivity index (χ0) is 9.59. The van der Waals surface area contributed by atoms with Crippen molar-refractivity contribution in [3.05, 3.63) is 34.4 Å². The summed E-state index contributed by atoms with van der Waals surface area (Å²) in [5.41, 5.74) is 5.93. The minimum Gasteiger partial charge on any atom is -0.0838 e. The van der Waals surface area contributed by atoms with Crippen molar-refractivity contribution in [2.24, 2.45) is 0 Å². The van der Waals surface area contributed by atoms with Gasteiger partial charge in [-0.1, -0.05) is 40.5 Å². The Bertz CT molecular complexity index is 341. The molecule has 70 valence electrons. The predicted molar refractivity (Wildman–Crippen MR) is 60.6 cm³/mol. The molecule has 2 atom stereocenters. The van der Waals surface area contributed by atoms with Crippen LogP contribution in [0.25, 0.3) is 0 Å². The molecule has 1 aliphatic carbocycles. The van der Waals surface area contributed by atoms with Crippen LogP contribution in [-0.4, -0.2) is 0 Å².